The van der Waals surface area contributed by atoms with Gasteiger partial charge in [-0.1, -0.05) is 53.2 Å². The Morgan fingerprint density at radius 3 is 2.95 bits per heavy atom. The molecule has 0 radical (unpaired) electrons. The monoisotopic (exact) mass is 333 g/mol. The molecule has 2 rings (SSSR count). The topological polar surface area (TPSA) is 54.9 Å². The van der Waals surface area contributed by atoms with Crippen molar-refractivity contribution >= 4 is 57.3 Å². The normalized spacial score (nSPS) is 10.5. The molecule has 0 aliphatic heterocycles. The molecule has 0 saturated carbocycles. The van der Waals surface area contributed by atoms with Gasteiger partial charge in [0.1, 0.15) is 0 Å². The Kier molecular flexibility index (Phi) is 5.04. The fraction of sp³-hybridized carbons (Fsp3) is 0.182. The zero-order valence-corrected chi connectivity index (χ0v) is 13.0. The van der Waals surface area contributed by atoms with E-state index >= 15 is 0 Å². The van der Waals surface area contributed by atoms with Gasteiger partial charge in [-0.25, -0.2) is 0 Å². The number of anilines is 1. The number of amides is 1. The molecule has 19 heavy (non-hydrogen) atoms. The van der Waals surface area contributed by atoms with E-state index in [1.807, 2.05) is 6.92 Å². The van der Waals surface area contributed by atoms with E-state index < -0.39 is 0 Å². The summed E-state index contributed by atoms with van der Waals surface area (Å²) >= 11 is 14.7. The maximum atomic E-state index is 12.0. The summed E-state index contributed by atoms with van der Waals surface area (Å²) in [7, 11) is 0. The molecule has 0 spiro atoms. The Morgan fingerprint density at radius 1 is 1.42 bits per heavy atom. The van der Waals surface area contributed by atoms with E-state index in [1.54, 1.807) is 23.9 Å². The standard InChI is InChI=1S/C11H9Cl2N3OS2/c1-2-18-11-16-15-10(19-11)14-9(17)7-5-6(12)3-4-8(7)13/h3-5H,2H2,1H3,(H,14,15,17). The van der Waals surface area contributed by atoms with Gasteiger partial charge < -0.3 is 0 Å². The van der Waals surface area contributed by atoms with Crippen LogP contribution in [-0.4, -0.2) is 21.9 Å². The first-order valence-electron chi connectivity index (χ1n) is 5.33. The fourth-order valence-corrected chi connectivity index (χ4v) is 3.30. The van der Waals surface area contributed by atoms with Crippen LogP contribution in [0.4, 0.5) is 5.13 Å². The Labute approximate surface area is 128 Å². The van der Waals surface area contributed by atoms with Crippen LogP contribution in [0.5, 0.6) is 0 Å². The van der Waals surface area contributed by atoms with Crippen LogP contribution in [0.25, 0.3) is 0 Å². The van der Waals surface area contributed by atoms with Gasteiger partial charge in [0.15, 0.2) is 4.34 Å². The first-order valence-corrected chi connectivity index (χ1v) is 7.88. The average Bonchev–Trinajstić information content (AvgIpc) is 2.80. The predicted octanol–water partition coefficient (Wildman–Crippen LogP) is 4.21. The van der Waals surface area contributed by atoms with Crippen molar-refractivity contribution in [3.63, 3.8) is 0 Å². The lowest BCUT2D eigenvalue weighted by Gasteiger charge is -2.03. The summed E-state index contributed by atoms with van der Waals surface area (Å²) in [4.78, 5) is 12.0. The summed E-state index contributed by atoms with van der Waals surface area (Å²) < 4.78 is 0.815. The Bertz CT molecular complexity index is 603. The highest BCUT2D eigenvalue weighted by Crippen LogP contribution is 2.26. The van der Waals surface area contributed by atoms with Gasteiger partial charge in [0.2, 0.25) is 5.13 Å². The average molecular weight is 334 g/mol. The molecule has 0 saturated heterocycles. The molecule has 4 nitrogen and oxygen atoms in total. The molecule has 0 atom stereocenters. The fourth-order valence-electron chi connectivity index (χ4n) is 1.28. The van der Waals surface area contributed by atoms with Gasteiger partial charge in [-0.15, -0.1) is 10.2 Å². The van der Waals surface area contributed by atoms with Gasteiger partial charge in [-0.3, -0.25) is 10.1 Å². The lowest BCUT2D eigenvalue weighted by Crippen LogP contribution is -2.12. The quantitative estimate of drug-likeness (QED) is 0.672. The molecular weight excluding hydrogens is 325 g/mol. The van der Waals surface area contributed by atoms with Crippen LogP contribution >= 0.6 is 46.3 Å². The van der Waals surface area contributed by atoms with E-state index in [-0.39, 0.29) is 5.91 Å². The Balaban J connectivity index is 2.13. The number of carbonyl (C=O) groups excluding carboxylic acids is 1. The molecule has 0 aliphatic carbocycles. The van der Waals surface area contributed by atoms with Crippen LogP contribution in [-0.2, 0) is 0 Å². The first kappa shape index (κ1) is 14.6. The molecule has 0 unspecified atom stereocenters. The summed E-state index contributed by atoms with van der Waals surface area (Å²) in [6, 6.07) is 4.72. The predicted molar refractivity (Wildman–Crippen MR) is 80.7 cm³/mol. The van der Waals surface area contributed by atoms with Crippen LogP contribution in [0, 0.1) is 0 Å². The minimum Gasteiger partial charge on any atom is -0.296 e. The van der Waals surface area contributed by atoms with Crippen molar-refractivity contribution in [2.75, 3.05) is 11.1 Å². The molecule has 1 aromatic carbocycles. The van der Waals surface area contributed by atoms with Gasteiger partial charge in [-0.05, 0) is 24.0 Å². The highest BCUT2D eigenvalue weighted by Gasteiger charge is 2.13. The molecule has 1 heterocycles. The zero-order chi connectivity index (χ0) is 13.8. The number of thioether (sulfide) groups is 1. The first-order chi connectivity index (χ1) is 9.10. The number of nitrogens with zero attached hydrogens (tertiary/aromatic N) is 2. The number of hydrogen-bond donors (Lipinski definition) is 1. The van der Waals surface area contributed by atoms with Crippen molar-refractivity contribution in [3.05, 3.63) is 33.8 Å². The smallest absolute Gasteiger partial charge is 0.259 e. The van der Waals surface area contributed by atoms with Gasteiger partial charge in [0.25, 0.3) is 5.91 Å². The molecule has 100 valence electrons. The van der Waals surface area contributed by atoms with Crippen molar-refractivity contribution in [1.29, 1.82) is 0 Å². The van der Waals surface area contributed by atoms with Gasteiger partial charge >= 0.3 is 0 Å². The van der Waals surface area contributed by atoms with Crippen molar-refractivity contribution in [2.24, 2.45) is 0 Å². The van der Waals surface area contributed by atoms with Crippen LogP contribution < -0.4 is 5.32 Å². The number of benzene rings is 1. The molecule has 8 heteroatoms. The van der Waals surface area contributed by atoms with E-state index in [1.165, 1.54) is 17.4 Å². The minimum absolute atomic E-state index is 0.314. The third-order valence-corrected chi connectivity index (χ3v) is 4.49. The largest absolute Gasteiger partial charge is 0.296 e. The van der Waals surface area contributed by atoms with Crippen LogP contribution in [0.3, 0.4) is 0 Å². The number of aromatic nitrogens is 2. The van der Waals surface area contributed by atoms with Crippen LogP contribution in [0.2, 0.25) is 10.0 Å². The van der Waals surface area contributed by atoms with E-state index in [4.69, 9.17) is 23.2 Å². The number of carbonyl (C=O) groups is 1. The summed E-state index contributed by atoms with van der Waals surface area (Å²) in [5.41, 5.74) is 0.314. The molecule has 0 bridgehead atoms. The molecular formula is C11H9Cl2N3OS2. The molecule has 0 fully saturated rings. The SMILES string of the molecule is CCSc1nnc(NC(=O)c2cc(Cl)ccc2Cl)s1. The van der Waals surface area contributed by atoms with E-state index in [9.17, 15) is 4.79 Å². The second-order valence-electron chi connectivity index (χ2n) is 3.38. The molecule has 1 aromatic heterocycles. The summed E-state index contributed by atoms with van der Waals surface area (Å²) in [5.74, 6) is 0.555. The second kappa shape index (κ2) is 6.56. The number of nitrogens with one attached hydrogen (secondary N) is 1. The minimum atomic E-state index is -0.350. The summed E-state index contributed by atoms with van der Waals surface area (Å²) in [6.07, 6.45) is 0. The lowest BCUT2D eigenvalue weighted by atomic mass is 10.2. The number of halogens is 2. The number of hydrogen-bond acceptors (Lipinski definition) is 5. The summed E-state index contributed by atoms with van der Waals surface area (Å²) in [6.45, 7) is 2.02. The zero-order valence-electron chi connectivity index (χ0n) is 9.81. The molecule has 0 aliphatic rings. The van der Waals surface area contributed by atoms with Gasteiger partial charge in [0, 0.05) is 5.02 Å². The van der Waals surface area contributed by atoms with Crippen molar-refractivity contribution in [3.8, 4) is 0 Å². The molecule has 2 aromatic rings. The molecule has 1 amide bonds. The Hall–Kier alpha value is -0.820. The Morgan fingerprint density at radius 2 is 2.21 bits per heavy atom. The maximum Gasteiger partial charge on any atom is 0.259 e. The van der Waals surface area contributed by atoms with E-state index in [0.717, 1.165) is 10.1 Å². The number of rotatable bonds is 4. The second-order valence-corrected chi connectivity index (χ2v) is 6.72. The third-order valence-electron chi connectivity index (χ3n) is 2.07. The highest BCUT2D eigenvalue weighted by molar-refractivity contribution is 8.01. The van der Waals surface area contributed by atoms with Crippen molar-refractivity contribution < 1.29 is 4.79 Å². The highest BCUT2D eigenvalue weighted by atomic mass is 35.5. The van der Waals surface area contributed by atoms with E-state index in [2.05, 4.69) is 15.5 Å². The van der Waals surface area contributed by atoms with Crippen LogP contribution in [0.15, 0.2) is 22.5 Å². The van der Waals surface area contributed by atoms with Gasteiger partial charge in [-0.2, -0.15) is 0 Å². The van der Waals surface area contributed by atoms with E-state index in [0.29, 0.717) is 20.7 Å². The van der Waals surface area contributed by atoms with Gasteiger partial charge in [0.05, 0.1) is 10.6 Å². The maximum absolute atomic E-state index is 12.0. The van der Waals surface area contributed by atoms with Crippen LogP contribution in [0.1, 0.15) is 17.3 Å². The molecule has 1 N–H and O–H groups in total. The lowest BCUT2D eigenvalue weighted by molar-refractivity contribution is 0.102. The van der Waals surface area contributed by atoms with Crippen molar-refractivity contribution in [1.82, 2.24) is 10.2 Å². The van der Waals surface area contributed by atoms with Crippen molar-refractivity contribution in [2.45, 2.75) is 11.3 Å². The third kappa shape index (κ3) is 3.82. The summed E-state index contributed by atoms with van der Waals surface area (Å²) in [5, 5.41) is 11.7.